The fraction of sp³-hybridized carbons (Fsp3) is 0.250. The van der Waals surface area contributed by atoms with Crippen molar-refractivity contribution in [3.63, 3.8) is 0 Å². The second-order valence-electron chi connectivity index (χ2n) is 15.6. The number of alkyl halides is 1. The number of nitrogens with two attached hydrogens (primary N) is 2. The lowest BCUT2D eigenvalue weighted by Gasteiger charge is -2.24. The molecule has 0 aliphatic carbocycles. The lowest BCUT2D eigenvalue weighted by molar-refractivity contribution is -0.152. The maximum Gasteiger partial charge on any atom is 0.327 e. The Kier molecular flexibility index (Phi) is 21.7. The Morgan fingerprint density at radius 3 is 1.61 bits per heavy atom. The molecule has 0 saturated heterocycles. The summed E-state index contributed by atoms with van der Waals surface area (Å²) in [7, 11) is 0. The minimum absolute atomic E-state index is 0.0859. The van der Waals surface area contributed by atoms with E-state index in [0.717, 1.165) is 15.2 Å². The minimum Gasteiger partial charge on any atom is -0.480 e. The van der Waals surface area contributed by atoms with Gasteiger partial charge in [0.05, 0.1) is 28.0 Å². The summed E-state index contributed by atoms with van der Waals surface area (Å²) in [5.41, 5.74) is 15.4. The number of anilines is 4. The van der Waals surface area contributed by atoms with E-state index < -0.39 is 102 Å². The van der Waals surface area contributed by atoms with Crippen LogP contribution in [0.3, 0.4) is 0 Å². The molecule has 5 rings (SSSR count). The van der Waals surface area contributed by atoms with Gasteiger partial charge in [-0.15, -0.1) is 11.6 Å². The van der Waals surface area contributed by atoms with E-state index in [9.17, 15) is 57.4 Å². The number of benzene rings is 3. The number of rotatable bonds is 18. The number of halogens is 4. The SMILES string of the molecule is CCOC(=O)CN(NC(=O)C(C)n1cccc(NC(=O)c2ccc(N)c(Cl)c2)c1=O)C(=O)CCl.CCc1cccc(F)c1OCC(=O)N(CC(=O)O)NC(=O)C(C)n1cccc(NC(=O)c2ccc(N)c(Cl)c2)c1=O. The molecule has 2 atom stereocenters. The largest absolute Gasteiger partial charge is 0.480 e. The molecule has 0 spiro atoms. The highest BCUT2D eigenvalue weighted by atomic mass is 35.5. The molecule has 0 aliphatic heterocycles. The number of ether oxygens (including phenoxy) is 2. The van der Waals surface area contributed by atoms with E-state index in [1.54, 1.807) is 19.9 Å². The number of amides is 6. The Morgan fingerprint density at radius 2 is 1.19 bits per heavy atom. The summed E-state index contributed by atoms with van der Waals surface area (Å²) < 4.78 is 26.3. The highest BCUT2D eigenvalue weighted by Crippen LogP contribution is 2.24. The van der Waals surface area contributed by atoms with E-state index >= 15 is 0 Å². The van der Waals surface area contributed by atoms with E-state index in [-0.39, 0.29) is 50.6 Å². The number of hydrazine groups is 2. The Morgan fingerprint density at radius 1 is 0.707 bits per heavy atom. The van der Waals surface area contributed by atoms with Gasteiger partial charge < -0.3 is 45.8 Å². The van der Waals surface area contributed by atoms with Gasteiger partial charge in [0.2, 0.25) is 0 Å². The maximum atomic E-state index is 14.2. The Balaban J connectivity index is 0.000000330. The first kappa shape index (κ1) is 59.1. The van der Waals surface area contributed by atoms with Gasteiger partial charge in [0.1, 0.15) is 42.4 Å². The summed E-state index contributed by atoms with van der Waals surface area (Å²) in [5.74, 6) is -8.25. The third-order valence-electron chi connectivity index (χ3n) is 10.4. The van der Waals surface area contributed by atoms with Crippen LogP contribution in [0.5, 0.6) is 5.75 Å². The molecule has 75 heavy (non-hydrogen) atoms. The topological polar surface area (TPSA) is 326 Å². The number of aryl methyl sites for hydroxylation is 1. The van der Waals surface area contributed by atoms with E-state index in [2.05, 4.69) is 21.5 Å². The molecule has 0 saturated carbocycles. The molecule has 23 nitrogen and oxygen atoms in total. The van der Waals surface area contributed by atoms with Crippen molar-refractivity contribution in [2.75, 3.05) is 54.3 Å². The number of nitrogens with zero attached hydrogens (tertiary/aromatic N) is 4. The number of hydrogen-bond donors (Lipinski definition) is 7. The number of carboxylic acid groups (broad SMARTS) is 1. The van der Waals surface area contributed by atoms with E-state index in [4.69, 9.17) is 55.7 Å². The Labute approximate surface area is 441 Å². The lowest BCUT2D eigenvalue weighted by Crippen LogP contribution is -2.52. The smallest absolute Gasteiger partial charge is 0.327 e. The molecular formula is C48H50Cl3FN10O13. The van der Waals surface area contributed by atoms with Crippen LogP contribution < -0.4 is 48.8 Å². The number of esters is 1. The van der Waals surface area contributed by atoms with Crippen molar-refractivity contribution >= 4 is 105 Å². The van der Waals surface area contributed by atoms with Gasteiger partial charge in [-0.1, -0.05) is 42.3 Å². The number of aromatic nitrogens is 2. The van der Waals surface area contributed by atoms with Crippen molar-refractivity contribution in [1.82, 2.24) is 30.0 Å². The summed E-state index contributed by atoms with van der Waals surface area (Å²) in [6, 6.07) is 15.9. The summed E-state index contributed by atoms with van der Waals surface area (Å²) >= 11 is 17.4. The average Bonchev–Trinajstić information content (AvgIpc) is 3.37. The lowest BCUT2D eigenvalue weighted by atomic mass is 10.1. The van der Waals surface area contributed by atoms with Crippen LogP contribution >= 0.6 is 34.8 Å². The van der Waals surface area contributed by atoms with Crippen molar-refractivity contribution in [3.8, 4) is 5.75 Å². The molecule has 2 unspecified atom stereocenters. The van der Waals surface area contributed by atoms with Crippen LogP contribution in [0.15, 0.2) is 101 Å². The molecule has 2 aromatic heterocycles. The highest BCUT2D eigenvalue weighted by Gasteiger charge is 2.27. The van der Waals surface area contributed by atoms with E-state index in [1.807, 2.05) is 0 Å². The molecular weight excluding hydrogens is 1050 g/mol. The van der Waals surface area contributed by atoms with Crippen LogP contribution in [0.2, 0.25) is 10.0 Å². The molecule has 0 bridgehead atoms. The van der Waals surface area contributed by atoms with E-state index in [0.29, 0.717) is 27.7 Å². The number of aliphatic carboxylic acids is 1. The van der Waals surface area contributed by atoms with Gasteiger partial charge in [0.25, 0.3) is 46.6 Å². The maximum absolute atomic E-state index is 14.2. The number of para-hydroxylation sites is 1. The first-order valence-corrected chi connectivity index (χ1v) is 23.5. The van der Waals surface area contributed by atoms with Crippen LogP contribution in [-0.2, 0) is 39.9 Å². The molecule has 3 aromatic carbocycles. The van der Waals surface area contributed by atoms with Crippen molar-refractivity contribution in [1.29, 1.82) is 0 Å². The fourth-order valence-corrected chi connectivity index (χ4v) is 6.89. The van der Waals surface area contributed by atoms with Gasteiger partial charge in [-0.25, -0.2) is 14.4 Å². The van der Waals surface area contributed by atoms with Gasteiger partial charge in [-0.05, 0) is 99.5 Å². The number of nitrogens with one attached hydrogen (secondary N) is 4. The first-order chi connectivity index (χ1) is 35.5. The molecule has 398 valence electrons. The number of carboxylic acids is 1. The molecule has 0 fully saturated rings. The molecule has 2 heterocycles. The zero-order valence-corrected chi connectivity index (χ0v) is 42.6. The number of carbonyl (C=O) groups is 8. The molecule has 0 radical (unpaired) electrons. The fourth-order valence-electron chi connectivity index (χ4n) is 6.38. The molecule has 5 aromatic rings. The quantitative estimate of drug-likeness (QED) is 0.0280. The molecule has 9 N–H and O–H groups in total. The van der Waals surface area contributed by atoms with Gasteiger partial charge in [-0.2, -0.15) is 0 Å². The van der Waals surface area contributed by atoms with Gasteiger partial charge >= 0.3 is 11.9 Å². The number of hydrogen-bond acceptors (Lipinski definition) is 14. The predicted octanol–water partition coefficient (Wildman–Crippen LogP) is 4.18. The molecule has 0 aliphatic rings. The van der Waals surface area contributed by atoms with Crippen LogP contribution in [0.25, 0.3) is 0 Å². The number of pyridine rings is 2. The number of carbonyl (C=O) groups excluding carboxylic acids is 7. The average molecular weight is 1100 g/mol. The Hall–Kier alpha value is -8.48. The van der Waals surface area contributed by atoms with Crippen LogP contribution in [-0.4, -0.2) is 104 Å². The summed E-state index contributed by atoms with van der Waals surface area (Å²) in [4.78, 5) is 125. The summed E-state index contributed by atoms with van der Waals surface area (Å²) in [5, 5.41) is 15.7. The molecule has 27 heteroatoms. The minimum atomic E-state index is -1.45. The van der Waals surface area contributed by atoms with Gasteiger partial charge in [-0.3, -0.25) is 58.8 Å². The summed E-state index contributed by atoms with van der Waals surface area (Å²) in [6.45, 7) is 3.89. The van der Waals surface area contributed by atoms with Crippen molar-refractivity contribution in [2.24, 2.45) is 0 Å². The second kappa shape index (κ2) is 27.5. The van der Waals surface area contributed by atoms with Crippen molar-refractivity contribution in [3.05, 3.63) is 145 Å². The normalized spacial score (nSPS) is 11.3. The predicted molar refractivity (Wildman–Crippen MR) is 274 cm³/mol. The zero-order chi connectivity index (χ0) is 55.7. The van der Waals surface area contributed by atoms with Gasteiger partial charge in [0, 0.05) is 23.5 Å². The third-order valence-corrected chi connectivity index (χ3v) is 11.3. The third kappa shape index (κ3) is 16.3. The van der Waals surface area contributed by atoms with Crippen LogP contribution in [0, 0.1) is 5.82 Å². The molecule has 6 amide bonds. The van der Waals surface area contributed by atoms with Crippen molar-refractivity contribution < 1.29 is 57.3 Å². The highest BCUT2D eigenvalue weighted by molar-refractivity contribution is 6.34. The van der Waals surface area contributed by atoms with Crippen LogP contribution in [0.1, 0.15) is 66.1 Å². The zero-order valence-electron chi connectivity index (χ0n) is 40.4. The number of nitrogen functional groups attached to an aromatic ring is 2. The van der Waals surface area contributed by atoms with Gasteiger partial charge in [0.15, 0.2) is 18.2 Å². The Bertz CT molecular complexity index is 3100. The standard InChI is InChI=1S/C27H27ClFN5O7.C21H23Cl2N5O6/c1-3-16-6-4-7-19(29)24(16)41-14-22(35)34(13-23(36)37)32-25(38)15(2)33-11-5-8-21(27(33)40)31-26(39)17-9-10-20(30)18(28)12-17;1-3-34-18(30)11-28(17(29)10-22)26-19(31)12(2)27-8-4-5-16(21(27)33)25-20(32)13-6-7-15(24)14(23)9-13/h4-12,15H,3,13-14,30H2,1-2H3,(H,31,39)(H,32,38)(H,36,37);4-9,12H,3,10-11,24H2,1-2H3,(H,25,32)(H,26,31). The first-order valence-electron chi connectivity index (χ1n) is 22.2. The monoisotopic (exact) mass is 1100 g/mol. The van der Waals surface area contributed by atoms with Crippen molar-refractivity contribution in [2.45, 2.75) is 46.2 Å². The second-order valence-corrected chi connectivity index (χ2v) is 16.7. The summed E-state index contributed by atoms with van der Waals surface area (Å²) in [6.07, 6.45) is 3.02. The van der Waals surface area contributed by atoms with E-state index in [1.165, 1.54) is 93.0 Å². The van der Waals surface area contributed by atoms with Crippen LogP contribution in [0.4, 0.5) is 27.1 Å².